The van der Waals surface area contributed by atoms with Crippen LogP contribution in [0.15, 0.2) is 40.6 Å². The van der Waals surface area contributed by atoms with E-state index >= 15 is 0 Å². The first-order chi connectivity index (χ1) is 17.1. The van der Waals surface area contributed by atoms with Crippen molar-refractivity contribution in [2.24, 2.45) is 10.9 Å². The lowest BCUT2D eigenvalue weighted by Gasteiger charge is -2.37. The average molecular weight is 516 g/mol. The van der Waals surface area contributed by atoms with Crippen molar-refractivity contribution < 1.29 is 39.1 Å². The maximum Gasteiger partial charge on any atom is 0.231 e. The predicted molar refractivity (Wildman–Crippen MR) is 132 cm³/mol. The number of carbonyl (C=O) groups excluding carboxylic acids is 2. The normalized spacial score (nSPS) is 21.6. The molecule has 0 fully saturated rings. The van der Waals surface area contributed by atoms with Gasteiger partial charge in [-0.2, -0.15) is 0 Å². The second kappa shape index (κ2) is 9.39. The molecule has 1 spiro atoms. The van der Waals surface area contributed by atoms with Crippen molar-refractivity contribution in [3.05, 3.63) is 51.7 Å². The zero-order chi connectivity index (χ0) is 26.4. The van der Waals surface area contributed by atoms with Crippen molar-refractivity contribution in [2.45, 2.75) is 32.3 Å². The Bertz CT molecular complexity index is 1330. The quantitative estimate of drug-likeness (QED) is 0.384. The summed E-state index contributed by atoms with van der Waals surface area (Å²) in [5, 5.41) is 30.6. The van der Waals surface area contributed by atoms with Gasteiger partial charge in [0.2, 0.25) is 11.4 Å². The molecule has 3 N–H and O–H groups in total. The second-order valence-electron chi connectivity index (χ2n) is 8.76. The molecule has 0 bridgehead atoms. The summed E-state index contributed by atoms with van der Waals surface area (Å²) in [6, 6.07) is 5.91. The minimum absolute atomic E-state index is 0.0201. The Morgan fingerprint density at radius 2 is 1.83 bits per heavy atom. The van der Waals surface area contributed by atoms with Crippen LogP contribution in [0.25, 0.3) is 0 Å². The molecule has 0 unspecified atom stereocenters. The van der Waals surface area contributed by atoms with Crippen LogP contribution in [-0.2, 0) is 11.2 Å². The van der Waals surface area contributed by atoms with E-state index < -0.39 is 23.1 Å². The molecule has 36 heavy (non-hydrogen) atoms. The number of aliphatic hydroxyl groups excluding tert-OH is 1. The molecule has 2 aliphatic rings. The molecule has 1 aliphatic heterocycles. The van der Waals surface area contributed by atoms with Crippen molar-refractivity contribution in [3.8, 4) is 28.7 Å². The summed E-state index contributed by atoms with van der Waals surface area (Å²) < 4.78 is 16.7. The number of hydrogen-bond donors (Lipinski definition) is 3. The highest BCUT2D eigenvalue weighted by molar-refractivity contribution is 6.35. The number of phenols is 2. The Labute approximate surface area is 212 Å². The Hall–Kier alpha value is -3.72. The van der Waals surface area contributed by atoms with E-state index in [0.717, 1.165) is 5.56 Å². The molecule has 9 nitrogen and oxygen atoms in total. The number of ether oxygens (including phenoxy) is 3. The first-order valence-electron chi connectivity index (χ1n) is 11.2. The van der Waals surface area contributed by atoms with Crippen molar-refractivity contribution in [2.75, 3.05) is 20.8 Å². The fraction of sp³-hybridized carbons (Fsp3) is 0.346. The summed E-state index contributed by atoms with van der Waals surface area (Å²) >= 11 is 6.44. The highest BCUT2D eigenvalue weighted by atomic mass is 35.5. The number of methoxy groups -OCH3 is 2. The lowest BCUT2D eigenvalue weighted by molar-refractivity contribution is -0.118. The Kier molecular flexibility index (Phi) is 6.62. The van der Waals surface area contributed by atoms with Crippen molar-refractivity contribution >= 4 is 28.9 Å². The first kappa shape index (κ1) is 25.4. The first-order valence-corrected chi connectivity index (χ1v) is 11.6. The van der Waals surface area contributed by atoms with E-state index in [1.165, 1.54) is 32.4 Å². The maximum absolute atomic E-state index is 13.8. The van der Waals surface area contributed by atoms with Gasteiger partial charge < -0.3 is 29.5 Å². The van der Waals surface area contributed by atoms with Crippen LogP contribution in [0.5, 0.6) is 28.7 Å². The third-order valence-electron chi connectivity index (χ3n) is 6.62. The average Bonchev–Trinajstić information content (AvgIpc) is 3.15. The standard InChI is InChI=1S/C26H26ClNO8/c1-12-9-17(31)20(13(2)28-8-7-14-5-6-15(29)16(30)10-14)24(32)26(12)25(33)21-18(34-3)11-19(35-4)22(27)23(21)36-26/h5-6,10-12,29-30,32H,7-9H2,1-4H3/t12-,26+/m1/s1. The van der Waals surface area contributed by atoms with Gasteiger partial charge in [0.15, 0.2) is 28.8 Å². The molecule has 2 atom stereocenters. The number of allylic oxidation sites excluding steroid dienone is 1. The van der Waals surface area contributed by atoms with Gasteiger partial charge in [0.05, 0.1) is 19.8 Å². The summed E-state index contributed by atoms with van der Waals surface area (Å²) in [5.41, 5.74) is -0.911. The van der Waals surface area contributed by atoms with Gasteiger partial charge in [0.1, 0.15) is 22.1 Å². The molecule has 1 aliphatic carbocycles. The zero-order valence-electron chi connectivity index (χ0n) is 20.2. The number of fused-ring (bicyclic) bond motifs is 1. The fourth-order valence-electron chi connectivity index (χ4n) is 4.69. The number of aromatic hydroxyl groups is 2. The third-order valence-corrected chi connectivity index (χ3v) is 6.98. The highest BCUT2D eigenvalue weighted by Gasteiger charge is 2.61. The second-order valence-corrected chi connectivity index (χ2v) is 9.14. The largest absolute Gasteiger partial charge is 0.507 e. The van der Waals surface area contributed by atoms with Crippen LogP contribution in [0, 0.1) is 5.92 Å². The van der Waals surface area contributed by atoms with Crippen LogP contribution in [0.1, 0.15) is 36.2 Å². The monoisotopic (exact) mass is 515 g/mol. The summed E-state index contributed by atoms with van der Waals surface area (Å²) in [5.74, 6) is -2.19. The van der Waals surface area contributed by atoms with Gasteiger partial charge in [-0.25, -0.2) is 0 Å². The van der Waals surface area contributed by atoms with Gasteiger partial charge in [0, 0.05) is 30.7 Å². The molecule has 0 amide bonds. The number of carbonyl (C=O) groups is 2. The number of rotatable bonds is 6. The number of phenolic OH excluding ortho intramolecular Hbond substituents is 2. The minimum atomic E-state index is -1.87. The van der Waals surface area contributed by atoms with Gasteiger partial charge in [0.25, 0.3) is 0 Å². The van der Waals surface area contributed by atoms with Gasteiger partial charge in [-0.15, -0.1) is 0 Å². The van der Waals surface area contributed by atoms with Crippen LogP contribution >= 0.6 is 11.6 Å². The maximum atomic E-state index is 13.8. The summed E-state index contributed by atoms with van der Waals surface area (Å²) in [7, 11) is 2.80. The number of Topliss-reactive ketones (excluding diaryl/α,β-unsaturated/α-hetero) is 2. The SMILES string of the molecule is COc1cc(OC)c2c(c1Cl)O[C@]1(C2=O)C(O)=C(C(C)=NCCc2ccc(O)c(O)c2)C(=O)C[C@H]1C. The van der Waals surface area contributed by atoms with Crippen LogP contribution in [-0.4, -0.2) is 59.0 Å². The van der Waals surface area contributed by atoms with Crippen molar-refractivity contribution in [1.29, 1.82) is 0 Å². The molecule has 2 aromatic carbocycles. The summed E-state index contributed by atoms with van der Waals surface area (Å²) in [6.07, 6.45) is 0.345. The van der Waals surface area contributed by atoms with E-state index in [9.17, 15) is 24.9 Å². The Morgan fingerprint density at radius 3 is 2.47 bits per heavy atom. The minimum Gasteiger partial charge on any atom is -0.507 e. The number of ketones is 2. The Morgan fingerprint density at radius 1 is 1.14 bits per heavy atom. The molecular weight excluding hydrogens is 490 g/mol. The van der Waals surface area contributed by atoms with E-state index in [-0.39, 0.29) is 69.4 Å². The van der Waals surface area contributed by atoms with Gasteiger partial charge in [-0.1, -0.05) is 24.6 Å². The fourth-order valence-corrected chi connectivity index (χ4v) is 4.95. The van der Waals surface area contributed by atoms with E-state index in [4.69, 9.17) is 25.8 Å². The number of halogens is 1. The summed E-state index contributed by atoms with van der Waals surface area (Å²) in [6.45, 7) is 3.45. The van der Waals surface area contributed by atoms with E-state index in [1.54, 1.807) is 19.9 Å². The molecule has 4 rings (SSSR count). The molecule has 0 aromatic heterocycles. The number of hydrogen-bond acceptors (Lipinski definition) is 9. The molecule has 0 radical (unpaired) electrons. The van der Waals surface area contributed by atoms with Gasteiger partial charge >= 0.3 is 0 Å². The Balaban J connectivity index is 1.73. The number of nitrogens with zero attached hydrogens (tertiary/aromatic N) is 1. The van der Waals surface area contributed by atoms with Crippen LogP contribution in [0.2, 0.25) is 5.02 Å². The molecule has 10 heteroatoms. The number of benzene rings is 2. The molecule has 2 aromatic rings. The highest BCUT2D eigenvalue weighted by Crippen LogP contribution is 2.54. The van der Waals surface area contributed by atoms with E-state index in [1.807, 2.05) is 0 Å². The third kappa shape index (κ3) is 3.83. The zero-order valence-corrected chi connectivity index (χ0v) is 21.0. The van der Waals surface area contributed by atoms with Gasteiger partial charge in [-0.05, 0) is 31.0 Å². The lowest BCUT2D eigenvalue weighted by atomic mass is 9.72. The van der Waals surface area contributed by atoms with E-state index in [0.29, 0.717) is 6.42 Å². The molecule has 0 saturated carbocycles. The van der Waals surface area contributed by atoms with Crippen LogP contribution in [0.3, 0.4) is 0 Å². The molecule has 0 saturated heterocycles. The molecule has 1 heterocycles. The van der Waals surface area contributed by atoms with Gasteiger partial charge in [-0.3, -0.25) is 14.6 Å². The van der Waals surface area contributed by atoms with Crippen LogP contribution < -0.4 is 14.2 Å². The number of aliphatic imine (C=N–C) groups is 1. The predicted octanol–water partition coefficient (Wildman–Crippen LogP) is 4.21. The molecular formula is C26H26ClNO8. The smallest absolute Gasteiger partial charge is 0.231 e. The number of aliphatic hydroxyl groups is 1. The summed E-state index contributed by atoms with van der Waals surface area (Å²) in [4.78, 5) is 31.2. The van der Waals surface area contributed by atoms with E-state index in [2.05, 4.69) is 4.99 Å². The van der Waals surface area contributed by atoms with Crippen molar-refractivity contribution in [3.63, 3.8) is 0 Å². The van der Waals surface area contributed by atoms with Crippen LogP contribution in [0.4, 0.5) is 0 Å². The lowest BCUT2D eigenvalue weighted by Crippen LogP contribution is -2.53. The van der Waals surface area contributed by atoms with Crippen molar-refractivity contribution in [1.82, 2.24) is 0 Å². The topological polar surface area (TPSA) is 135 Å². The molecule has 190 valence electrons.